The van der Waals surface area contributed by atoms with E-state index in [2.05, 4.69) is 17.6 Å². The van der Waals surface area contributed by atoms with Gasteiger partial charge in [-0.25, -0.2) is 9.59 Å². The summed E-state index contributed by atoms with van der Waals surface area (Å²) in [5.74, 6) is -0.706. The van der Waals surface area contributed by atoms with Crippen LogP contribution in [0.4, 0.5) is 4.79 Å². The lowest BCUT2D eigenvalue weighted by Crippen LogP contribution is -2.48. The molecule has 2 aliphatic rings. The van der Waals surface area contributed by atoms with Crippen LogP contribution in [-0.2, 0) is 22.4 Å². The van der Waals surface area contributed by atoms with Crippen LogP contribution in [0.1, 0.15) is 59.1 Å². The lowest BCUT2D eigenvalue weighted by atomic mass is 9.86. The summed E-state index contributed by atoms with van der Waals surface area (Å²) < 4.78 is 5.02. The molecule has 1 aromatic rings. The molecule has 0 aromatic carbocycles. The summed E-state index contributed by atoms with van der Waals surface area (Å²) in [6, 6.07) is 1.43. The molecule has 0 aliphatic heterocycles. The number of urea groups is 1. The lowest BCUT2D eigenvalue weighted by Gasteiger charge is -2.29. The van der Waals surface area contributed by atoms with Gasteiger partial charge in [-0.2, -0.15) is 0 Å². The SMILES string of the molecule is C[C@@H]1CCCC[C@@H]1NC(=O)NC(=O)COC(=O)c1cc2c(s1)CCC2. The Hall–Kier alpha value is -1.89. The van der Waals surface area contributed by atoms with Gasteiger partial charge in [-0.1, -0.05) is 19.8 Å². The number of imide groups is 1. The Kier molecular flexibility index (Phi) is 5.73. The number of esters is 1. The first-order valence-electron chi connectivity index (χ1n) is 8.92. The number of hydrogen-bond donors (Lipinski definition) is 2. The minimum absolute atomic E-state index is 0.0950. The quantitative estimate of drug-likeness (QED) is 0.805. The molecule has 0 unspecified atom stereocenters. The zero-order chi connectivity index (χ0) is 17.8. The number of carbonyl (C=O) groups excluding carboxylic acids is 3. The molecule has 0 spiro atoms. The second-order valence-electron chi connectivity index (χ2n) is 6.88. The zero-order valence-electron chi connectivity index (χ0n) is 14.4. The number of ether oxygens (including phenoxy) is 1. The summed E-state index contributed by atoms with van der Waals surface area (Å²) in [5, 5.41) is 5.07. The van der Waals surface area contributed by atoms with Gasteiger partial charge in [0.25, 0.3) is 5.91 Å². The second kappa shape index (κ2) is 7.99. The van der Waals surface area contributed by atoms with Crippen molar-refractivity contribution in [3.63, 3.8) is 0 Å². The third-order valence-electron chi connectivity index (χ3n) is 4.96. The van der Waals surface area contributed by atoms with Crippen LogP contribution in [-0.4, -0.2) is 30.6 Å². The highest BCUT2D eigenvalue weighted by Crippen LogP contribution is 2.30. The van der Waals surface area contributed by atoms with Gasteiger partial charge in [0.05, 0.1) is 0 Å². The van der Waals surface area contributed by atoms with Gasteiger partial charge in [-0.15, -0.1) is 11.3 Å². The van der Waals surface area contributed by atoms with Gasteiger partial charge in [0.15, 0.2) is 6.61 Å². The molecule has 25 heavy (non-hydrogen) atoms. The minimum atomic E-state index is -0.613. The summed E-state index contributed by atoms with van der Waals surface area (Å²) in [5.41, 5.74) is 1.21. The Morgan fingerprint density at radius 1 is 1.20 bits per heavy atom. The molecule has 1 aromatic heterocycles. The van der Waals surface area contributed by atoms with E-state index in [0.717, 1.165) is 38.5 Å². The number of aryl methyl sites for hydroxylation is 2. The van der Waals surface area contributed by atoms with Gasteiger partial charge in [-0.05, 0) is 49.7 Å². The van der Waals surface area contributed by atoms with Crippen molar-refractivity contribution in [1.29, 1.82) is 0 Å². The number of nitrogens with one attached hydrogen (secondary N) is 2. The van der Waals surface area contributed by atoms with E-state index in [1.54, 1.807) is 0 Å². The Labute approximate surface area is 151 Å². The first-order valence-corrected chi connectivity index (χ1v) is 9.73. The maximum Gasteiger partial charge on any atom is 0.348 e. The molecular formula is C18H24N2O4S. The van der Waals surface area contributed by atoms with Gasteiger partial charge < -0.3 is 10.1 Å². The van der Waals surface area contributed by atoms with Crippen LogP contribution < -0.4 is 10.6 Å². The summed E-state index contributed by atoms with van der Waals surface area (Å²) in [6.45, 7) is 1.65. The van der Waals surface area contributed by atoms with E-state index in [0.29, 0.717) is 10.8 Å². The number of thiophene rings is 1. The highest BCUT2D eigenvalue weighted by Gasteiger charge is 2.24. The molecule has 1 heterocycles. The fourth-order valence-corrected chi connectivity index (χ4v) is 4.68. The number of fused-ring (bicyclic) bond motifs is 1. The smallest absolute Gasteiger partial charge is 0.348 e. The Bertz CT molecular complexity index is 649. The summed E-state index contributed by atoms with van der Waals surface area (Å²) in [4.78, 5) is 37.5. The fraction of sp³-hybridized carbons (Fsp3) is 0.611. The first kappa shape index (κ1) is 17.9. The normalized spacial score (nSPS) is 22.1. The van der Waals surface area contributed by atoms with Crippen molar-refractivity contribution in [1.82, 2.24) is 10.6 Å². The minimum Gasteiger partial charge on any atom is -0.451 e. The molecule has 2 N–H and O–H groups in total. The zero-order valence-corrected chi connectivity index (χ0v) is 15.2. The number of amides is 3. The van der Waals surface area contributed by atoms with E-state index in [1.807, 2.05) is 6.07 Å². The maximum atomic E-state index is 12.0. The van der Waals surface area contributed by atoms with Crippen molar-refractivity contribution in [2.45, 2.75) is 57.9 Å². The number of hydrogen-bond acceptors (Lipinski definition) is 5. The van der Waals surface area contributed by atoms with Crippen molar-refractivity contribution in [3.05, 3.63) is 21.4 Å². The van der Waals surface area contributed by atoms with Crippen LogP contribution in [0.3, 0.4) is 0 Å². The van der Waals surface area contributed by atoms with Gasteiger partial charge in [0.1, 0.15) is 4.88 Å². The van der Waals surface area contributed by atoms with Crippen molar-refractivity contribution >= 4 is 29.2 Å². The Morgan fingerprint density at radius 2 is 2.00 bits per heavy atom. The van der Waals surface area contributed by atoms with Gasteiger partial charge in [-0.3, -0.25) is 10.1 Å². The van der Waals surface area contributed by atoms with Crippen molar-refractivity contribution in [2.24, 2.45) is 5.92 Å². The molecule has 6 nitrogen and oxygen atoms in total. The van der Waals surface area contributed by atoms with Crippen molar-refractivity contribution in [2.75, 3.05) is 6.61 Å². The summed E-state index contributed by atoms with van der Waals surface area (Å²) in [6.07, 6.45) is 7.43. The Balaban J connectivity index is 1.41. The van der Waals surface area contributed by atoms with Crippen LogP contribution in [0.25, 0.3) is 0 Å². The van der Waals surface area contributed by atoms with Crippen LogP contribution in [0, 0.1) is 5.92 Å². The molecule has 0 radical (unpaired) electrons. The predicted molar refractivity (Wildman–Crippen MR) is 94.7 cm³/mol. The monoisotopic (exact) mass is 364 g/mol. The molecule has 0 saturated heterocycles. The molecule has 3 amide bonds. The molecule has 2 atom stereocenters. The molecule has 1 fully saturated rings. The fourth-order valence-electron chi connectivity index (χ4n) is 3.53. The maximum absolute atomic E-state index is 12.0. The Morgan fingerprint density at radius 3 is 2.76 bits per heavy atom. The highest BCUT2D eigenvalue weighted by molar-refractivity contribution is 7.14. The van der Waals surface area contributed by atoms with Crippen molar-refractivity contribution < 1.29 is 19.1 Å². The number of rotatable bonds is 4. The van der Waals surface area contributed by atoms with Crippen LogP contribution in [0.15, 0.2) is 6.07 Å². The molecule has 3 rings (SSSR count). The molecule has 2 aliphatic carbocycles. The molecule has 1 saturated carbocycles. The van der Waals surface area contributed by atoms with E-state index in [1.165, 1.54) is 28.2 Å². The second-order valence-corrected chi connectivity index (χ2v) is 8.02. The summed E-state index contributed by atoms with van der Waals surface area (Å²) >= 11 is 1.43. The average molecular weight is 364 g/mol. The molecule has 136 valence electrons. The van der Waals surface area contributed by atoms with Crippen LogP contribution in [0.5, 0.6) is 0 Å². The third kappa shape index (κ3) is 4.60. The summed E-state index contributed by atoms with van der Waals surface area (Å²) in [7, 11) is 0. The van der Waals surface area contributed by atoms with Crippen LogP contribution in [0.2, 0.25) is 0 Å². The van der Waals surface area contributed by atoms with E-state index < -0.39 is 24.5 Å². The standard InChI is InChI=1S/C18H24N2O4S/c1-11-5-2-3-7-13(11)19-18(23)20-16(21)10-24-17(22)15-9-12-6-4-8-14(12)25-15/h9,11,13H,2-8,10H2,1H3,(H2,19,20,21,23)/t11-,13+/m1/s1. The average Bonchev–Trinajstić information content (AvgIpc) is 3.16. The largest absolute Gasteiger partial charge is 0.451 e. The van der Waals surface area contributed by atoms with E-state index in [4.69, 9.17) is 4.74 Å². The third-order valence-corrected chi connectivity index (χ3v) is 6.18. The van der Waals surface area contributed by atoms with Crippen molar-refractivity contribution in [3.8, 4) is 0 Å². The van der Waals surface area contributed by atoms with Gasteiger partial charge in [0, 0.05) is 10.9 Å². The van der Waals surface area contributed by atoms with Crippen LogP contribution >= 0.6 is 11.3 Å². The topological polar surface area (TPSA) is 84.5 Å². The van der Waals surface area contributed by atoms with E-state index in [-0.39, 0.29) is 6.04 Å². The first-order chi connectivity index (χ1) is 12.0. The molecule has 7 heteroatoms. The van der Waals surface area contributed by atoms with E-state index >= 15 is 0 Å². The van der Waals surface area contributed by atoms with Gasteiger partial charge >= 0.3 is 12.0 Å². The number of carbonyl (C=O) groups is 3. The van der Waals surface area contributed by atoms with Gasteiger partial charge in [0.2, 0.25) is 0 Å². The molecule has 0 bridgehead atoms. The predicted octanol–water partition coefficient (Wildman–Crippen LogP) is 2.80. The lowest BCUT2D eigenvalue weighted by molar-refractivity contribution is -0.123. The highest BCUT2D eigenvalue weighted by atomic mass is 32.1. The van der Waals surface area contributed by atoms with E-state index in [9.17, 15) is 14.4 Å². The molecular weight excluding hydrogens is 340 g/mol.